The van der Waals surface area contributed by atoms with E-state index >= 15 is 0 Å². The molecule has 1 heterocycles. The second-order valence-electron chi connectivity index (χ2n) is 4.34. The third-order valence-corrected chi connectivity index (χ3v) is 3.00. The molecule has 0 aliphatic carbocycles. The summed E-state index contributed by atoms with van der Waals surface area (Å²) in [6.07, 6.45) is 1.35. The molecule has 0 bridgehead atoms. The average molecular weight is 326 g/mol. The van der Waals surface area contributed by atoms with E-state index in [2.05, 4.69) is 5.10 Å². The molecule has 1 aromatic carbocycles. The van der Waals surface area contributed by atoms with E-state index < -0.39 is 10.8 Å². The van der Waals surface area contributed by atoms with Crippen LogP contribution >= 0.6 is 11.6 Å². The molecule has 1 amide bonds. The maximum Gasteiger partial charge on any atom is 0.311 e. The van der Waals surface area contributed by atoms with Crippen LogP contribution in [0.25, 0.3) is 0 Å². The van der Waals surface area contributed by atoms with Crippen molar-refractivity contribution >= 4 is 23.2 Å². The van der Waals surface area contributed by atoms with Gasteiger partial charge in [0.2, 0.25) is 0 Å². The fourth-order valence-corrected chi connectivity index (χ4v) is 1.95. The highest BCUT2D eigenvalue weighted by molar-refractivity contribution is 6.33. The van der Waals surface area contributed by atoms with E-state index in [0.717, 1.165) is 5.56 Å². The van der Waals surface area contributed by atoms with Gasteiger partial charge in [0.15, 0.2) is 18.2 Å². The molecule has 10 heteroatoms. The standard InChI is InChI=1S/C12H12ClN5O4/c1-7-2-3-9(18(20)21)10(4-7)22-6-17-5-8(13)11(16-17)12(19)15-14/h2-5H,6,14H2,1H3,(H,15,19). The summed E-state index contributed by atoms with van der Waals surface area (Å²) in [4.78, 5) is 21.8. The number of carbonyl (C=O) groups is 1. The molecule has 3 N–H and O–H groups in total. The number of halogens is 1. The third-order valence-electron chi connectivity index (χ3n) is 2.73. The van der Waals surface area contributed by atoms with E-state index in [0.29, 0.717) is 0 Å². The number of nitrogens with two attached hydrogens (primary N) is 1. The molecule has 0 atom stereocenters. The van der Waals surface area contributed by atoms with E-state index in [1.54, 1.807) is 13.0 Å². The van der Waals surface area contributed by atoms with Gasteiger partial charge in [0, 0.05) is 12.3 Å². The van der Waals surface area contributed by atoms with Gasteiger partial charge < -0.3 is 4.74 Å². The van der Waals surface area contributed by atoms with E-state index in [9.17, 15) is 14.9 Å². The van der Waals surface area contributed by atoms with Gasteiger partial charge in [-0.25, -0.2) is 10.5 Å². The molecule has 0 spiro atoms. The number of rotatable bonds is 5. The molecule has 116 valence electrons. The number of hydrazine groups is 1. The fraction of sp³-hybridized carbons (Fsp3) is 0.167. The molecule has 22 heavy (non-hydrogen) atoms. The number of nitrogens with one attached hydrogen (secondary N) is 1. The summed E-state index contributed by atoms with van der Waals surface area (Å²) in [5.74, 6) is 4.45. The van der Waals surface area contributed by atoms with Crippen molar-refractivity contribution in [1.82, 2.24) is 15.2 Å². The van der Waals surface area contributed by atoms with E-state index in [1.165, 1.54) is 23.0 Å². The topological polar surface area (TPSA) is 125 Å². The van der Waals surface area contributed by atoms with Gasteiger partial charge in [0.25, 0.3) is 5.91 Å². The first kappa shape index (κ1) is 15.7. The lowest BCUT2D eigenvalue weighted by Crippen LogP contribution is -2.30. The SMILES string of the molecule is Cc1ccc([N+](=O)[O-])c(OCn2cc(Cl)c(C(=O)NN)n2)c1. The molecule has 0 saturated carbocycles. The maximum absolute atomic E-state index is 11.4. The van der Waals surface area contributed by atoms with Crippen molar-refractivity contribution in [2.24, 2.45) is 5.84 Å². The Hall–Kier alpha value is -2.65. The Labute approximate surface area is 129 Å². The molecular weight excluding hydrogens is 314 g/mol. The summed E-state index contributed by atoms with van der Waals surface area (Å²) in [5, 5.41) is 14.9. The number of nitrogen functional groups attached to an aromatic ring is 1. The number of benzene rings is 1. The van der Waals surface area contributed by atoms with Crippen molar-refractivity contribution in [1.29, 1.82) is 0 Å². The third kappa shape index (κ3) is 3.32. The van der Waals surface area contributed by atoms with Gasteiger partial charge >= 0.3 is 5.69 Å². The molecule has 0 radical (unpaired) electrons. The number of hydrogen-bond donors (Lipinski definition) is 2. The van der Waals surface area contributed by atoms with Crippen LogP contribution in [-0.4, -0.2) is 20.6 Å². The molecule has 2 aromatic rings. The van der Waals surface area contributed by atoms with Crippen LogP contribution in [0.4, 0.5) is 5.69 Å². The molecule has 0 saturated heterocycles. The Morgan fingerprint density at radius 2 is 2.32 bits per heavy atom. The molecule has 0 unspecified atom stereocenters. The van der Waals surface area contributed by atoms with Crippen molar-refractivity contribution in [3.63, 3.8) is 0 Å². The number of aromatic nitrogens is 2. The predicted octanol–water partition coefficient (Wildman–Crippen LogP) is 1.39. The minimum Gasteiger partial charge on any atom is -0.464 e. The quantitative estimate of drug-likeness (QED) is 0.370. The Kier molecular flexibility index (Phi) is 4.59. The van der Waals surface area contributed by atoms with E-state index in [1.807, 2.05) is 5.43 Å². The van der Waals surface area contributed by atoms with Crippen LogP contribution in [0.5, 0.6) is 5.75 Å². The number of nitrogens with zero attached hydrogens (tertiary/aromatic N) is 3. The minimum absolute atomic E-state index is 0.0634. The zero-order valence-electron chi connectivity index (χ0n) is 11.4. The first-order chi connectivity index (χ1) is 10.4. The Bertz CT molecular complexity index is 730. The predicted molar refractivity (Wildman–Crippen MR) is 77.4 cm³/mol. The van der Waals surface area contributed by atoms with Crippen molar-refractivity contribution < 1.29 is 14.5 Å². The average Bonchev–Trinajstić information content (AvgIpc) is 2.85. The smallest absolute Gasteiger partial charge is 0.311 e. The summed E-state index contributed by atoms with van der Waals surface area (Å²) >= 11 is 5.84. The van der Waals surface area contributed by atoms with Crippen molar-refractivity contribution in [2.45, 2.75) is 13.7 Å². The number of hydrogen-bond acceptors (Lipinski definition) is 6. The lowest BCUT2D eigenvalue weighted by atomic mass is 10.2. The van der Waals surface area contributed by atoms with Gasteiger partial charge in [0.05, 0.1) is 9.95 Å². The normalized spacial score (nSPS) is 10.3. The number of carbonyl (C=O) groups excluding carboxylic acids is 1. The summed E-state index contributed by atoms with van der Waals surface area (Å²) in [6.45, 7) is 1.63. The largest absolute Gasteiger partial charge is 0.464 e. The van der Waals surface area contributed by atoms with Crippen molar-refractivity contribution in [3.8, 4) is 5.75 Å². The van der Waals surface area contributed by atoms with Gasteiger partial charge in [-0.05, 0) is 18.6 Å². The summed E-state index contributed by atoms with van der Waals surface area (Å²) < 4.78 is 6.62. The van der Waals surface area contributed by atoms with Crippen LogP contribution in [0.15, 0.2) is 24.4 Å². The number of nitro groups is 1. The zero-order chi connectivity index (χ0) is 16.3. The first-order valence-corrected chi connectivity index (χ1v) is 6.42. The lowest BCUT2D eigenvalue weighted by Gasteiger charge is -2.07. The highest BCUT2D eigenvalue weighted by Crippen LogP contribution is 2.28. The number of ether oxygens (including phenoxy) is 1. The van der Waals surface area contributed by atoms with E-state index in [-0.39, 0.29) is 28.9 Å². The number of amides is 1. The van der Waals surface area contributed by atoms with Crippen molar-refractivity contribution in [2.75, 3.05) is 0 Å². The Morgan fingerprint density at radius 1 is 1.59 bits per heavy atom. The Morgan fingerprint density at radius 3 is 2.95 bits per heavy atom. The van der Waals surface area contributed by atoms with Crippen LogP contribution in [-0.2, 0) is 6.73 Å². The molecule has 0 fully saturated rings. The van der Waals surface area contributed by atoms with Crippen LogP contribution in [0.2, 0.25) is 5.02 Å². The lowest BCUT2D eigenvalue weighted by molar-refractivity contribution is -0.386. The van der Waals surface area contributed by atoms with Gasteiger partial charge in [-0.15, -0.1) is 0 Å². The van der Waals surface area contributed by atoms with Crippen LogP contribution in [0, 0.1) is 17.0 Å². The summed E-state index contributed by atoms with van der Waals surface area (Å²) in [5.41, 5.74) is 2.49. The molecule has 1 aromatic heterocycles. The van der Waals surface area contributed by atoms with Gasteiger partial charge in [-0.1, -0.05) is 17.7 Å². The van der Waals surface area contributed by atoms with Gasteiger partial charge in [-0.3, -0.25) is 20.3 Å². The second-order valence-corrected chi connectivity index (χ2v) is 4.75. The molecule has 0 aliphatic rings. The fourth-order valence-electron chi connectivity index (χ4n) is 1.71. The molecule has 9 nitrogen and oxygen atoms in total. The maximum atomic E-state index is 11.4. The first-order valence-electron chi connectivity index (χ1n) is 6.04. The highest BCUT2D eigenvalue weighted by Gasteiger charge is 2.17. The van der Waals surface area contributed by atoms with Crippen LogP contribution in [0.3, 0.4) is 0 Å². The number of aryl methyl sites for hydroxylation is 1. The van der Waals surface area contributed by atoms with E-state index in [4.69, 9.17) is 22.2 Å². The van der Waals surface area contributed by atoms with Gasteiger partial charge in [-0.2, -0.15) is 5.10 Å². The second kappa shape index (κ2) is 6.41. The molecule has 2 rings (SSSR count). The number of nitro benzene ring substituents is 1. The zero-order valence-corrected chi connectivity index (χ0v) is 12.2. The van der Waals surface area contributed by atoms with Crippen LogP contribution < -0.4 is 16.0 Å². The highest BCUT2D eigenvalue weighted by atomic mass is 35.5. The summed E-state index contributed by atoms with van der Waals surface area (Å²) in [7, 11) is 0. The van der Waals surface area contributed by atoms with Gasteiger partial charge in [0.1, 0.15) is 0 Å². The summed E-state index contributed by atoms with van der Waals surface area (Å²) in [6, 6.07) is 4.50. The Balaban J connectivity index is 2.19. The van der Waals surface area contributed by atoms with Crippen molar-refractivity contribution in [3.05, 3.63) is 50.8 Å². The monoisotopic (exact) mass is 325 g/mol. The molecular formula is C12H12ClN5O4. The molecule has 0 aliphatic heterocycles. The minimum atomic E-state index is -0.648. The van der Waals surface area contributed by atoms with Crippen LogP contribution in [0.1, 0.15) is 16.1 Å².